The standard InChI is InChI=1S/C15H13FO3/c1-9-3-5-13(16)11(7-9)12-8-10(15(17)18)4-6-14(12)19-2/h3-8H,1-2H3,(H,17,18). The molecule has 0 aliphatic rings. The zero-order valence-corrected chi connectivity index (χ0v) is 10.6. The van der Waals surface area contributed by atoms with Crippen molar-refractivity contribution in [2.45, 2.75) is 6.92 Å². The minimum atomic E-state index is -1.06. The van der Waals surface area contributed by atoms with E-state index in [1.54, 1.807) is 12.1 Å². The number of methoxy groups -OCH3 is 1. The summed E-state index contributed by atoms with van der Waals surface area (Å²) >= 11 is 0. The van der Waals surface area contributed by atoms with Gasteiger partial charge < -0.3 is 9.84 Å². The molecular formula is C15H13FO3. The van der Waals surface area contributed by atoms with Crippen LogP contribution in [0.3, 0.4) is 0 Å². The van der Waals surface area contributed by atoms with E-state index in [4.69, 9.17) is 9.84 Å². The molecule has 0 heterocycles. The molecule has 0 saturated carbocycles. The molecular weight excluding hydrogens is 247 g/mol. The van der Waals surface area contributed by atoms with Crippen LogP contribution in [0, 0.1) is 12.7 Å². The van der Waals surface area contributed by atoms with Crippen LogP contribution in [0.5, 0.6) is 5.75 Å². The van der Waals surface area contributed by atoms with E-state index in [1.807, 2.05) is 6.92 Å². The molecule has 0 aromatic heterocycles. The Morgan fingerprint density at radius 2 is 1.89 bits per heavy atom. The SMILES string of the molecule is COc1ccc(C(=O)O)cc1-c1cc(C)ccc1F. The van der Waals surface area contributed by atoms with Crippen molar-refractivity contribution in [3.63, 3.8) is 0 Å². The number of aromatic carboxylic acids is 1. The average Bonchev–Trinajstić information content (AvgIpc) is 2.40. The maximum absolute atomic E-state index is 13.9. The van der Waals surface area contributed by atoms with E-state index < -0.39 is 11.8 Å². The molecule has 0 aliphatic heterocycles. The fourth-order valence-corrected chi connectivity index (χ4v) is 1.90. The molecule has 2 aromatic carbocycles. The first kappa shape index (κ1) is 13.1. The van der Waals surface area contributed by atoms with Gasteiger partial charge in [-0.1, -0.05) is 11.6 Å². The Kier molecular flexibility index (Phi) is 3.51. The number of carboxylic acid groups (broad SMARTS) is 1. The van der Waals surface area contributed by atoms with Crippen LogP contribution < -0.4 is 4.74 Å². The molecule has 0 bridgehead atoms. The zero-order chi connectivity index (χ0) is 14.0. The summed E-state index contributed by atoms with van der Waals surface area (Å²) in [6.07, 6.45) is 0. The van der Waals surface area contributed by atoms with E-state index in [0.717, 1.165) is 5.56 Å². The minimum Gasteiger partial charge on any atom is -0.496 e. The van der Waals surface area contributed by atoms with Crippen molar-refractivity contribution >= 4 is 5.97 Å². The summed E-state index contributed by atoms with van der Waals surface area (Å²) in [6.45, 7) is 1.84. The second kappa shape index (κ2) is 5.10. The number of carboxylic acids is 1. The van der Waals surface area contributed by atoms with Crippen LogP contribution in [0.25, 0.3) is 11.1 Å². The Bertz CT molecular complexity index is 635. The van der Waals surface area contributed by atoms with E-state index in [2.05, 4.69) is 0 Å². The summed E-state index contributed by atoms with van der Waals surface area (Å²) < 4.78 is 19.1. The second-order valence-electron chi connectivity index (χ2n) is 4.20. The Balaban J connectivity index is 2.68. The highest BCUT2D eigenvalue weighted by Gasteiger charge is 2.14. The Morgan fingerprint density at radius 3 is 2.53 bits per heavy atom. The van der Waals surface area contributed by atoms with Gasteiger partial charge in [-0.2, -0.15) is 0 Å². The molecule has 0 fully saturated rings. The number of carbonyl (C=O) groups is 1. The van der Waals surface area contributed by atoms with Gasteiger partial charge in [-0.25, -0.2) is 9.18 Å². The molecule has 1 N–H and O–H groups in total. The summed E-state index contributed by atoms with van der Waals surface area (Å²) in [5, 5.41) is 9.01. The highest BCUT2D eigenvalue weighted by atomic mass is 19.1. The molecule has 4 heteroatoms. The first-order valence-electron chi connectivity index (χ1n) is 5.71. The third kappa shape index (κ3) is 2.57. The van der Waals surface area contributed by atoms with E-state index >= 15 is 0 Å². The van der Waals surface area contributed by atoms with Crippen molar-refractivity contribution < 1.29 is 19.0 Å². The van der Waals surface area contributed by atoms with E-state index in [9.17, 15) is 9.18 Å². The third-order valence-electron chi connectivity index (χ3n) is 2.86. The number of aryl methyl sites for hydroxylation is 1. The lowest BCUT2D eigenvalue weighted by atomic mass is 9.99. The number of hydrogen-bond donors (Lipinski definition) is 1. The van der Waals surface area contributed by atoms with E-state index in [0.29, 0.717) is 16.9 Å². The largest absolute Gasteiger partial charge is 0.496 e. The monoisotopic (exact) mass is 260 g/mol. The van der Waals surface area contributed by atoms with Crippen molar-refractivity contribution in [1.29, 1.82) is 0 Å². The molecule has 2 aromatic rings. The van der Waals surface area contributed by atoms with Crippen LogP contribution in [0.2, 0.25) is 0 Å². The van der Waals surface area contributed by atoms with Gasteiger partial charge in [0.05, 0.1) is 12.7 Å². The second-order valence-corrected chi connectivity index (χ2v) is 4.20. The minimum absolute atomic E-state index is 0.0942. The number of halogens is 1. The van der Waals surface area contributed by atoms with Crippen LogP contribution in [0.15, 0.2) is 36.4 Å². The number of ether oxygens (including phenoxy) is 1. The van der Waals surface area contributed by atoms with Crippen molar-refractivity contribution in [2.24, 2.45) is 0 Å². The summed E-state index contributed by atoms with van der Waals surface area (Å²) in [7, 11) is 1.47. The molecule has 0 unspecified atom stereocenters. The molecule has 0 saturated heterocycles. The molecule has 3 nitrogen and oxygen atoms in total. The van der Waals surface area contributed by atoms with Crippen LogP contribution in [0.4, 0.5) is 4.39 Å². The molecule has 0 radical (unpaired) electrons. The van der Waals surface area contributed by atoms with Gasteiger partial charge in [-0.15, -0.1) is 0 Å². The van der Waals surface area contributed by atoms with Crippen LogP contribution in [-0.2, 0) is 0 Å². The summed E-state index contributed by atoms with van der Waals surface area (Å²) in [5.41, 5.74) is 1.75. The van der Waals surface area contributed by atoms with Crippen molar-refractivity contribution in [2.75, 3.05) is 7.11 Å². The predicted molar refractivity (Wildman–Crippen MR) is 70.1 cm³/mol. The van der Waals surface area contributed by atoms with E-state index in [-0.39, 0.29) is 5.56 Å². The topological polar surface area (TPSA) is 46.5 Å². The zero-order valence-electron chi connectivity index (χ0n) is 10.6. The lowest BCUT2D eigenvalue weighted by Gasteiger charge is -2.11. The Hall–Kier alpha value is -2.36. The molecule has 19 heavy (non-hydrogen) atoms. The van der Waals surface area contributed by atoms with Crippen molar-refractivity contribution in [3.05, 3.63) is 53.3 Å². The lowest BCUT2D eigenvalue weighted by Crippen LogP contribution is -1.99. The van der Waals surface area contributed by atoms with Crippen molar-refractivity contribution in [1.82, 2.24) is 0 Å². The fraction of sp³-hybridized carbons (Fsp3) is 0.133. The van der Waals surface area contributed by atoms with Gasteiger partial charge in [0.15, 0.2) is 0 Å². The molecule has 2 rings (SSSR count). The fourth-order valence-electron chi connectivity index (χ4n) is 1.90. The van der Waals surface area contributed by atoms with Crippen molar-refractivity contribution in [3.8, 4) is 16.9 Å². The number of benzene rings is 2. The third-order valence-corrected chi connectivity index (χ3v) is 2.86. The van der Waals surface area contributed by atoms with Gasteiger partial charge in [0.25, 0.3) is 0 Å². The van der Waals surface area contributed by atoms with Gasteiger partial charge >= 0.3 is 5.97 Å². The van der Waals surface area contributed by atoms with E-state index in [1.165, 1.54) is 31.4 Å². The first-order valence-corrected chi connectivity index (χ1v) is 5.71. The Morgan fingerprint density at radius 1 is 1.16 bits per heavy atom. The summed E-state index contributed by atoms with van der Waals surface area (Å²) in [4.78, 5) is 11.0. The molecule has 0 spiro atoms. The molecule has 0 atom stereocenters. The van der Waals surface area contributed by atoms with Gasteiger partial charge in [0, 0.05) is 11.1 Å². The number of rotatable bonds is 3. The van der Waals surface area contributed by atoms with Gasteiger partial charge in [-0.05, 0) is 37.3 Å². The molecule has 0 aliphatic carbocycles. The molecule has 0 amide bonds. The maximum Gasteiger partial charge on any atom is 0.335 e. The van der Waals surface area contributed by atoms with Crippen LogP contribution in [0.1, 0.15) is 15.9 Å². The van der Waals surface area contributed by atoms with Gasteiger partial charge in [0.1, 0.15) is 11.6 Å². The first-order chi connectivity index (χ1) is 9.02. The molecule has 98 valence electrons. The van der Waals surface area contributed by atoms with Gasteiger partial charge in [0.2, 0.25) is 0 Å². The van der Waals surface area contributed by atoms with Crippen LogP contribution in [-0.4, -0.2) is 18.2 Å². The smallest absolute Gasteiger partial charge is 0.335 e. The summed E-state index contributed by atoms with van der Waals surface area (Å²) in [6, 6.07) is 9.06. The summed E-state index contributed by atoms with van der Waals surface area (Å²) in [5.74, 6) is -1.03. The predicted octanol–water partition coefficient (Wildman–Crippen LogP) is 3.51. The highest BCUT2D eigenvalue weighted by Crippen LogP contribution is 2.33. The normalized spacial score (nSPS) is 10.3. The van der Waals surface area contributed by atoms with Crippen LogP contribution >= 0.6 is 0 Å². The average molecular weight is 260 g/mol. The number of hydrogen-bond acceptors (Lipinski definition) is 2. The maximum atomic E-state index is 13.9. The highest BCUT2D eigenvalue weighted by molar-refractivity contribution is 5.90. The quantitative estimate of drug-likeness (QED) is 0.918. The lowest BCUT2D eigenvalue weighted by molar-refractivity contribution is 0.0697. The Labute approximate surface area is 110 Å². The van der Waals surface area contributed by atoms with Gasteiger partial charge in [-0.3, -0.25) is 0 Å².